The fraction of sp³-hybridized carbons (Fsp3) is 0.467. The highest BCUT2D eigenvalue weighted by molar-refractivity contribution is 5.39. The van der Waals surface area contributed by atoms with Gasteiger partial charge in [0, 0.05) is 5.92 Å². The maximum absolute atomic E-state index is 11.0. The van der Waals surface area contributed by atoms with Gasteiger partial charge in [0.2, 0.25) is 5.89 Å². The molecule has 0 radical (unpaired) electrons. The molecule has 0 bridgehead atoms. The Morgan fingerprint density at radius 1 is 1.35 bits per heavy atom. The number of hydrogen-bond acceptors (Lipinski definition) is 4. The van der Waals surface area contributed by atoms with Gasteiger partial charge in [0.1, 0.15) is 0 Å². The van der Waals surface area contributed by atoms with Crippen molar-refractivity contribution in [2.24, 2.45) is 5.73 Å². The van der Waals surface area contributed by atoms with Crippen LogP contribution in [0.4, 0.5) is 0 Å². The summed E-state index contributed by atoms with van der Waals surface area (Å²) in [6.07, 6.45) is 4.73. The van der Waals surface area contributed by atoms with E-state index in [1.807, 2.05) is 0 Å². The molecule has 0 spiro atoms. The molecule has 0 amide bonds. The van der Waals surface area contributed by atoms with Gasteiger partial charge < -0.3 is 10.2 Å². The number of nitrogens with two attached hydrogens (primary N) is 1. The Hall–Kier alpha value is -1.88. The summed E-state index contributed by atoms with van der Waals surface area (Å²) in [5.74, 6) is -0.219. The van der Waals surface area contributed by atoms with Crippen molar-refractivity contribution in [3.8, 4) is 0 Å². The number of nitrogens with zero attached hydrogens (tertiary/aromatic N) is 1. The van der Waals surface area contributed by atoms with Gasteiger partial charge >= 0.3 is 5.76 Å². The maximum atomic E-state index is 11.0. The summed E-state index contributed by atoms with van der Waals surface area (Å²) in [5.41, 5.74) is 10.3. The van der Waals surface area contributed by atoms with Crippen LogP contribution in [0.15, 0.2) is 27.4 Å². The number of aromatic amines is 1. The first kappa shape index (κ1) is 13.1. The Balaban J connectivity index is 1.94. The minimum absolute atomic E-state index is 0.0644. The van der Waals surface area contributed by atoms with E-state index in [1.165, 1.54) is 29.5 Å². The number of aryl methyl sites for hydroxylation is 1. The van der Waals surface area contributed by atoms with Crippen molar-refractivity contribution in [3.63, 3.8) is 0 Å². The minimum atomic E-state index is -0.558. The van der Waals surface area contributed by atoms with E-state index < -0.39 is 11.8 Å². The average Bonchev–Trinajstić information content (AvgIpc) is 2.91. The standard InChI is InChI=1S/C15H19N3O2/c1-9(13(16)14-17-18-15(19)20-14)11-8-4-6-10-5-2-3-7-12(10)11/h4,6,8-9,13H,2-3,5,7,16H2,1H3,(H,18,19). The maximum Gasteiger partial charge on any atom is 0.434 e. The van der Waals surface area contributed by atoms with Gasteiger partial charge in [-0.05, 0) is 42.4 Å². The molecule has 2 atom stereocenters. The highest BCUT2D eigenvalue weighted by Crippen LogP contribution is 2.34. The van der Waals surface area contributed by atoms with Crippen molar-refractivity contribution in [3.05, 3.63) is 51.3 Å². The van der Waals surface area contributed by atoms with E-state index in [4.69, 9.17) is 10.2 Å². The molecule has 0 saturated carbocycles. The fourth-order valence-corrected chi connectivity index (χ4v) is 3.03. The van der Waals surface area contributed by atoms with Crippen molar-refractivity contribution in [2.75, 3.05) is 0 Å². The third-order valence-electron chi connectivity index (χ3n) is 4.20. The number of rotatable bonds is 3. The zero-order chi connectivity index (χ0) is 14.1. The summed E-state index contributed by atoms with van der Waals surface area (Å²) < 4.78 is 4.98. The Morgan fingerprint density at radius 2 is 2.15 bits per heavy atom. The number of nitrogens with one attached hydrogen (secondary N) is 1. The van der Waals surface area contributed by atoms with Crippen molar-refractivity contribution in [1.29, 1.82) is 0 Å². The summed E-state index contributed by atoms with van der Waals surface area (Å²) >= 11 is 0. The normalized spacial score (nSPS) is 17.5. The fourth-order valence-electron chi connectivity index (χ4n) is 3.03. The summed E-state index contributed by atoms with van der Waals surface area (Å²) in [4.78, 5) is 11.0. The van der Waals surface area contributed by atoms with Gasteiger partial charge in [-0.25, -0.2) is 9.89 Å². The van der Waals surface area contributed by atoms with Gasteiger partial charge in [0.05, 0.1) is 6.04 Å². The molecular formula is C15H19N3O2. The minimum Gasteiger partial charge on any atom is -0.391 e. The van der Waals surface area contributed by atoms with Crippen LogP contribution in [0.2, 0.25) is 0 Å². The van der Waals surface area contributed by atoms with Crippen LogP contribution in [0.3, 0.4) is 0 Å². The van der Waals surface area contributed by atoms with Crippen LogP contribution in [0.5, 0.6) is 0 Å². The molecule has 1 aliphatic carbocycles. The monoisotopic (exact) mass is 273 g/mol. The van der Waals surface area contributed by atoms with E-state index in [0.717, 1.165) is 12.8 Å². The van der Waals surface area contributed by atoms with E-state index >= 15 is 0 Å². The number of H-pyrrole nitrogens is 1. The molecule has 2 aromatic rings. The lowest BCUT2D eigenvalue weighted by molar-refractivity contribution is 0.400. The molecule has 0 fully saturated rings. The van der Waals surface area contributed by atoms with Crippen LogP contribution in [0, 0.1) is 0 Å². The van der Waals surface area contributed by atoms with Gasteiger partial charge in [-0.2, -0.15) is 0 Å². The van der Waals surface area contributed by atoms with E-state index in [-0.39, 0.29) is 11.8 Å². The lowest BCUT2D eigenvalue weighted by Crippen LogP contribution is -2.20. The van der Waals surface area contributed by atoms with Gasteiger partial charge in [0.15, 0.2) is 0 Å². The van der Waals surface area contributed by atoms with Crippen LogP contribution in [0.1, 0.15) is 54.3 Å². The van der Waals surface area contributed by atoms with Crippen LogP contribution >= 0.6 is 0 Å². The molecule has 5 nitrogen and oxygen atoms in total. The van der Waals surface area contributed by atoms with Crippen molar-refractivity contribution >= 4 is 0 Å². The second kappa shape index (κ2) is 5.25. The Labute approximate surface area is 117 Å². The Morgan fingerprint density at radius 3 is 2.90 bits per heavy atom. The molecule has 2 unspecified atom stereocenters. The molecule has 3 rings (SSSR count). The molecule has 3 N–H and O–H groups in total. The summed E-state index contributed by atoms with van der Waals surface area (Å²) in [5, 5.41) is 6.11. The summed E-state index contributed by atoms with van der Waals surface area (Å²) in [6.45, 7) is 2.06. The van der Waals surface area contributed by atoms with Crippen LogP contribution in [-0.4, -0.2) is 10.2 Å². The molecule has 106 valence electrons. The number of benzene rings is 1. The molecule has 1 aromatic carbocycles. The first-order valence-corrected chi connectivity index (χ1v) is 7.08. The van der Waals surface area contributed by atoms with Crippen LogP contribution < -0.4 is 11.5 Å². The summed E-state index contributed by atoms with van der Waals surface area (Å²) in [7, 11) is 0. The number of fused-ring (bicyclic) bond motifs is 1. The summed E-state index contributed by atoms with van der Waals surface area (Å²) in [6, 6.07) is 6.00. The first-order chi connectivity index (χ1) is 9.66. The lowest BCUT2D eigenvalue weighted by atomic mass is 9.82. The molecular weight excluding hydrogens is 254 g/mol. The molecule has 0 aliphatic heterocycles. The zero-order valence-corrected chi connectivity index (χ0v) is 11.6. The van der Waals surface area contributed by atoms with Gasteiger partial charge in [-0.1, -0.05) is 25.1 Å². The smallest absolute Gasteiger partial charge is 0.391 e. The zero-order valence-electron chi connectivity index (χ0n) is 11.6. The lowest BCUT2D eigenvalue weighted by Gasteiger charge is -2.25. The van der Waals surface area contributed by atoms with Gasteiger partial charge in [-0.3, -0.25) is 0 Å². The van der Waals surface area contributed by atoms with E-state index in [9.17, 15) is 4.79 Å². The molecule has 5 heteroatoms. The average molecular weight is 273 g/mol. The van der Waals surface area contributed by atoms with E-state index in [1.54, 1.807) is 0 Å². The largest absolute Gasteiger partial charge is 0.434 e. The van der Waals surface area contributed by atoms with Crippen molar-refractivity contribution in [1.82, 2.24) is 10.2 Å². The topological polar surface area (TPSA) is 84.9 Å². The van der Waals surface area contributed by atoms with Crippen molar-refractivity contribution in [2.45, 2.75) is 44.6 Å². The number of aromatic nitrogens is 2. The Bertz CT molecular complexity index is 659. The quantitative estimate of drug-likeness (QED) is 0.896. The van der Waals surface area contributed by atoms with Gasteiger partial charge in [-0.15, -0.1) is 5.10 Å². The third kappa shape index (κ3) is 2.29. The first-order valence-electron chi connectivity index (χ1n) is 7.08. The van der Waals surface area contributed by atoms with Crippen LogP contribution in [0.25, 0.3) is 0 Å². The predicted octanol–water partition coefficient (Wildman–Crippen LogP) is 2.05. The predicted molar refractivity (Wildman–Crippen MR) is 75.6 cm³/mol. The Kier molecular flexibility index (Phi) is 3.44. The second-order valence-corrected chi connectivity index (χ2v) is 5.46. The van der Waals surface area contributed by atoms with Crippen LogP contribution in [-0.2, 0) is 12.8 Å². The van der Waals surface area contributed by atoms with E-state index in [2.05, 4.69) is 35.3 Å². The highest BCUT2D eigenvalue weighted by atomic mass is 16.4. The third-order valence-corrected chi connectivity index (χ3v) is 4.20. The number of hydrogen-bond donors (Lipinski definition) is 2. The highest BCUT2D eigenvalue weighted by Gasteiger charge is 2.25. The SMILES string of the molecule is CC(c1cccc2c1CCCC2)C(N)c1n[nH]c(=O)o1. The molecule has 1 aliphatic rings. The molecule has 0 saturated heterocycles. The molecule has 1 heterocycles. The molecule has 1 aromatic heterocycles. The molecule has 20 heavy (non-hydrogen) atoms. The van der Waals surface area contributed by atoms with E-state index in [0.29, 0.717) is 0 Å². The van der Waals surface area contributed by atoms with Crippen molar-refractivity contribution < 1.29 is 4.42 Å². The van der Waals surface area contributed by atoms with Gasteiger partial charge in [0.25, 0.3) is 0 Å². The second-order valence-electron chi connectivity index (χ2n) is 5.46.